The summed E-state index contributed by atoms with van der Waals surface area (Å²) in [7, 11) is 1.85. The lowest BCUT2D eigenvalue weighted by Crippen LogP contribution is -2.31. The highest BCUT2D eigenvalue weighted by Gasteiger charge is 2.40. The van der Waals surface area contributed by atoms with Crippen molar-refractivity contribution in [2.75, 3.05) is 12.5 Å². The van der Waals surface area contributed by atoms with Gasteiger partial charge in [0.2, 0.25) is 0 Å². The Balaban J connectivity index is 1.99. The molecule has 0 bridgehead atoms. The summed E-state index contributed by atoms with van der Waals surface area (Å²) in [5.74, 6) is -1.56. The number of aromatic carboxylic acids is 1. The Bertz CT molecular complexity index is 1150. The van der Waals surface area contributed by atoms with Gasteiger partial charge in [0.05, 0.1) is 16.7 Å². The van der Waals surface area contributed by atoms with Crippen molar-refractivity contribution < 1.29 is 23.9 Å². The number of allylic oxidation sites excluding steroid dienone is 3. The Labute approximate surface area is 203 Å². The van der Waals surface area contributed by atoms with E-state index in [4.69, 9.17) is 0 Å². The van der Waals surface area contributed by atoms with Gasteiger partial charge in [-0.25, -0.2) is 13.6 Å². The fourth-order valence-corrected chi connectivity index (χ4v) is 5.60. The van der Waals surface area contributed by atoms with Crippen LogP contribution in [0.15, 0.2) is 59.4 Å². The van der Waals surface area contributed by atoms with Gasteiger partial charge >= 0.3 is 5.97 Å². The number of hydrogen-bond donors (Lipinski definition) is 3. The molecule has 0 aromatic heterocycles. The quantitative estimate of drug-likeness (QED) is 0.339. The van der Waals surface area contributed by atoms with Crippen molar-refractivity contribution in [3.8, 4) is 11.1 Å². The Morgan fingerprint density at radius 1 is 1.29 bits per heavy atom. The normalized spacial score (nSPS) is 18.9. The third kappa shape index (κ3) is 4.57. The second-order valence-corrected chi connectivity index (χ2v) is 9.67. The minimum atomic E-state index is -1.39. The molecule has 0 saturated carbocycles. The molecule has 0 fully saturated rings. The number of halogens is 2. The first-order valence-corrected chi connectivity index (χ1v) is 11.9. The number of nitrogens with one attached hydrogen (secondary N) is 1. The predicted molar refractivity (Wildman–Crippen MR) is 133 cm³/mol. The zero-order valence-electron chi connectivity index (χ0n) is 19.9. The van der Waals surface area contributed by atoms with Crippen LogP contribution in [0.4, 0.5) is 14.5 Å². The number of thioether (sulfide) groups is 1. The van der Waals surface area contributed by atoms with E-state index in [1.54, 1.807) is 51.1 Å². The van der Waals surface area contributed by atoms with E-state index in [1.807, 2.05) is 23.4 Å². The number of rotatable bonds is 8. The van der Waals surface area contributed by atoms with Crippen molar-refractivity contribution in [3.05, 3.63) is 76.1 Å². The van der Waals surface area contributed by atoms with Gasteiger partial charge in [-0.2, -0.15) is 0 Å². The van der Waals surface area contributed by atoms with Crippen LogP contribution in [0.3, 0.4) is 0 Å². The summed E-state index contributed by atoms with van der Waals surface area (Å²) in [6.45, 7) is 6.26. The molecule has 8 heteroatoms. The van der Waals surface area contributed by atoms with E-state index in [2.05, 4.69) is 5.48 Å². The molecule has 0 spiro atoms. The molecule has 5 nitrogen and oxygen atoms in total. The minimum Gasteiger partial charge on any atom is -0.478 e. The van der Waals surface area contributed by atoms with Gasteiger partial charge in [0, 0.05) is 24.7 Å². The first-order chi connectivity index (χ1) is 16.1. The van der Waals surface area contributed by atoms with E-state index in [-0.39, 0.29) is 17.4 Å². The largest absolute Gasteiger partial charge is 0.478 e. The topological polar surface area (TPSA) is 72.8 Å². The van der Waals surface area contributed by atoms with E-state index in [1.165, 1.54) is 24.8 Å². The predicted octanol–water partition coefficient (Wildman–Crippen LogP) is 7.31. The molecule has 182 valence electrons. The zero-order valence-corrected chi connectivity index (χ0v) is 20.7. The number of carbonyl (C=O) groups is 1. The summed E-state index contributed by atoms with van der Waals surface area (Å²) in [5.41, 5.74) is 4.63. The average molecular weight is 489 g/mol. The number of nitrogens with zero attached hydrogens (tertiary/aromatic N) is 1. The minimum absolute atomic E-state index is 0.143. The second-order valence-electron chi connectivity index (χ2n) is 8.72. The Hall–Kier alpha value is -2.84. The van der Waals surface area contributed by atoms with E-state index in [9.17, 15) is 23.9 Å². The van der Waals surface area contributed by atoms with Crippen LogP contribution < -0.4 is 5.48 Å². The van der Waals surface area contributed by atoms with Crippen molar-refractivity contribution in [1.82, 2.24) is 4.90 Å². The van der Waals surface area contributed by atoms with Crippen LogP contribution in [0.25, 0.3) is 11.1 Å². The number of carboxylic acids is 1. The highest BCUT2D eigenvalue weighted by molar-refractivity contribution is 8.02. The third-order valence-electron chi connectivity index (χ3n) is 6.69. The maximum absolute atomic E-state index is 14.6. The highest BCUT2D eigenvalue weighted by atomic mass is 32.2. The second kappa shape index (κ2) is 10.2. The molecule has 34 heavy (non-hydrogen) atoms. The molecular formula is C26H30F2N2O3S. The first kappa shape index (κ1) is 25.8. The molecule has 2 aromatic carbocycles. The molecule has 0 amide bonds. The molecule has 3 unspecified atom stereocenters. The fraction of sp³-hybridized carbons (Fsp3) is 0.346. The van der Waals surface area contributed by atoms with Crippen LogP contribution in [0.2, 0.25) is 0 Å². The van der Waals surface area contributed by atoms with E-state index >= 15 is 0 Å². The molecule has 1 heterocycles. The lowest BCUT2D eigenvalue weighted by atomic mass is 9.79. The third-order valence-corrected chi connectivity index (χ3v) is 7.92. The van der Waals surface area contributed by atoms with Crippen LogP contribution in [0.5, 0.6) is 0 Å². The average Bonchev–Trinajstić information content (AvgIpc) is 3.17. The molecule has 0 aliphatic carbocycles. The van der Waals surface area contributed by atoms with Gasteiger partial charge in [0.25, 0.3) is 0 Å². The van der Waals surface area contributed by atoms with Crippen molar-refractivity contribution in [2.24, 2.45) is 5.41 Å². The summed E-state index contributed by atoms with van der Waals surface area (Å²) < 4.78 is 29.0. The number of para-hydroxylation sites is 1. The number of anilines is 1. The smallest absolute Gasteiger partial charge is 0.336 e. The van der Waals surface area contributed by atoms with Crippen LogP contribution in [-0.2, 0) is 0 Å². The van der Waals surface area contributed by atoms with Crippen LogP contribution >= 0.6 is 11.8 Å². The molecule has 1 aliphatic heterocycles. The standard InChI is InChI=1S/C26H30F2N2O3S/c1-6-22(28)26(4,16(3)27)13-17-14-34-24(30(17)5)18-11-12-20(23(15(18)2)25(31)32)19-9-7-8-10-21(19)29-33/h6-12,14,16,24,29,33H,13H2,1-5H3,(H,31,32). The molecule has 3 atom stereocenters. The lowest BCUT2D eigenvalue weighted by molar-refractivity contribution is 0.0696. The summed E-state index contributed by atoms with van der Waals surface area (Å²) in [6.07, 6.45) is 0.0956. The van der Waals surface area contributed by atoms with E-state index < -0.39 is 23.4 Å². The summed E-state index contributed by atoms with van der Waals surface area (Å²) >= 11 is 1.48. The van der Waals surface area contributed by atoms with Crippen LogP contribution in [0, 0.1) is 12.3 Å². The Kier molecular flexibility index (Phi) is 7.73. The van der Waals surface area contributed by atoms with Gasteiger partial charge in [-0.1, -0.05) is 43.3 Å². The lowest BCUT2D eigenvalue weighted by Gasteiger charge is -2.34. The Morgan fingerprint density at radius 2 is 1.97 bits per heavy atom. The summed E-state index contributed by atoms with van der Waals surface area (Å²) in [4.78, 5) is 14.2. The fourth-order valence-electron chi connectivity index (χ4n) is 4.35. The van der Waals surface area contributed by atoms with Crippen molar-refractivity contribution in [1.29, 1.82) is 0 Å². The molecular weight excluding hydrogens is 458 g/mol. The highest BCUT2D eigenvalue weighted by Crippen LogP contribution is 2.49. The van der Waals surface area contributed by atoms with Gasteiger partial charge in [0.1, 0.15) is 17.4 Å². The number of hydrogen-bond acceptors (Lipinski definition) is 5. The molecule has 0 saturated heterocycles. The van der Waals surface area contributed by atoms with Gasteiger partial charge in [-0.15, -0.1) is 11.8 Å². The monoisotopic (exact) mass is 488 g/mol. The van der Waals surface area contributed by atoms with Gasteiger partial charge in [-0.3, -0.25) is 10.7 Å². The van der Waals surface area contributed by atoms with E-state index in [0.29, 0.717) is 22.4 Å². The number of benzene rings is 2. The first-order valence-electron chi connectivity index (χ1n) is 11.0. The van der Waals surface area contributed by atoms with E-state index in [0.717, 1.165) is 11.3 Å². The van der Waals surface area contributed by atoms with Gasteiger partial charge in [0.15, 0.2) is 0 Å². The summed E-state index contributed by atoms with van der Waals surface area (Å²) in [6, 6.07) is 10.5. The van der Waals surface area contributed by atoms with Gasteiger partial charge in [-0.05, 0) is 48.9 Å². The molecule has 0 radical (unpaired) electrons. The van der Waals surface area contributed by atoms with Crippen molar-refractivity contribution >= 4 is 23.4 Å². The number of carboxylic acid groups (broad SMARTS) is 1. The number of alkyl halides is 1. The van der Waals surface area contributed by atoms with Crippen molar-refractivity contribution in [2.45, 2.75) is 45.7 Å². The molecule has 2 aromatic rings. The van der Waals surface area contributed by atoms with Crippen LogP contribution in [0.1, 0.15) is 54.1 Å². The van der Waals surface area contributed by atoms with Crippen molar-refractivity contribution in [3.63, 3.8) is 0 Å². The SMILES string of the molecule is CC=C(F)C(C)(CC1=CSC(c2ccc(-c3ccccc3NO)c(C(=O)O)c2C)N1C)C(C)F. The zero-order chi connectivity index (χ0) is 25.2. The van der Waals surface area contributed by atoms with Gasteiger partial charge < -0.3 is 10.0 Å². The Morgan fingerprint density at radius 3 is 2.56 bits per heavy atom. The molecule has 1 aliphatic rings. The molecule has 3 rings (SSSR count). The maximum Gasteiger partial charge on any atom is 0.336 e. The maximum atomic E-state index is 14.6. The van der Waals surface area contributed by atoms with Crippen LogP contribution in [-0.4, -0.2) is 34.4 Å². The summed E-state index contributed by atoms with van der Waals surface area (Å²) in [5, 5.41) is 21.2. The molecule has 3 N–H and O–H groups in total.